The second kappa shape index (κ2) is 7.66. The highest BCUT2D eigenvalue weighted by atomic mass is 16.5. The second-order valence-electron chi connectivity index (χ2n) is 4.65. The quantitative estimate of drug-likeness (QED) is 0.756. The normalized spacial score (nSPS) is 17.7. The van der Waals surface area contributed by atoms with Crippen LogP contribution in [0.25, 0.3) is 0 Å². The molecule has 1 aliphatic rings. The van der Waals surface area contributed by atoms with Crippen LogP contribution in [0.5, 0.6) is 0 Å². The van der Waals surface area contributed by atoms with Crippen molar-refractivity contribution in [2.45, 2.75) is 46.0 Å². The zero-order chi connectivity index (χ0) is 11.8. The van der Waals surface area contributed by atoms with Gasteiger partial charge in [-0.2, -0.15) is 0 Å². The highest BCUT2D eigenvalue weighted by Gasteiger charge is 2.16. The summed E-state index contributed by atoms with van der Waals surface area (Å²) in [5.41, 5.74) is 0. The van der Waals surface area contributed by atoms with E-state index < -0.39 is 0 Å². The maximum absolute atomic E-state index is 11.7. The lowest BCUT2D eigenvalue weighted by molar-refractivity contribution is -0.125. The molecule has 0 aromatic rings. The van der Waals surface area contributed by atoms with Gasteiger partial charge in [0.05, 0.1) is 0 Å². The summed E-state index contributed by atoms with van der Waals surface area (Å²) in [6.07, 6.45) is 5.30. The largest absolute Gasteiger partial charge is 0.381 e. The standard InChI is InChI=1S/C13H25NO2/c1-3-12(4-2)13(15)14-8-5-11-6-9-16-10-7-11/h11-12H,3-10H2,1-2H3,(H,14,15). The molecule has 1 amide bonds. The lowest BCUT2D eigenvalue weighted by Crippen LogP contribution is -2.32. The van der Waals surface area contributed by atoms with E-state index in [-0.39, 0.29) is 11.8 Å². The molecule has 3 heteroatoms. The Labute approximate surface area is 98.9 Å². The summed E-state index contributed by atoms with van der Waals surface area (Å²) in [5.74, 6) is 1.18. The van der Waals surface area contributed by atoms with Crippen molar-refractivity contribution >= 4 is 5.91 Å². The van der Waals surface area contributed by atoms with Crippen LogP contribution in [0.3, 0.4) is 0 Å². The molecule has 0 radical (unpaired) electrons. The van der Waals surface area contributed by atoms with Gasteiger partial charge in [0.2, 0.25) is 5.91 Å². The van der Waals surface area contributed by atoms with E-state index >= 15 is 0 Å². The fourth-order valence-corrected chi connectivity index (χ4v) is 2.24. The summed E-state index contributed by atoms with van der Waals surface area (Å²) in [6, 6.07) is 0. The van der Waals surface area contributed by atoms with Crippen LogP contribution in [0.4, 0.5) is 0 Å². The van der Waals surface area contributed by atoms with Gasteiger partial charge in [-0.25, -0.2) is 0 Å². The number of nitrogens with one attached hydrogen (secondary N) is 1. The highest BCUT2D eigenvalue weighted by Crippen LogP contribution is 2.17. The summed E-state index contributed by atoms with van der Waals surface area (Å²) in [6.45, 7) is 6.77. The van der Waals surface area contributed by atoms with Crippen molar-refractivity contribution in [1.82, 2.24) is 5.32 Å². The van der Waals surface area contributed by atoms with Crippen molar-refractivity contribution in [3.05, 3.63) is 0 Å². The lowest BCUT2D eigenvalue weighted by atomic mass is 9.96. The third kappa shape index (κ3) is 4.52. The number of hydrogen-bond acceptors (Lipinski definition) is 2. The predicted octanol–water partition coefficient (Wildman–Crippen LogP) is 2.36. The van der Waals surface area contributed by atoms with E-state index in [0.29, 0.717) is 0 Å². The molecule has 0 atom stereocenters. The fraction of sp³-hybridized carbons (Fsp3) is 0.923. The Morgan fingerprint density at radius 2 is 1.94 bits per heavy atom. The molecular formula is C13H25NO2. The molecule has 0 bridgehead atoms. The number of ether oxygens (including phenoxy) is 1. The Bertz CT molecular complexity index is 196. The molecule has 16 heavy (non-hydrogen) atoms. The van der Waals surface area contributed by atoms with E-state index in [0.717, 1.165) is 57.8 Å². The van der Waals surface area contributed by atoms with Gasteiger partial charge >= 0.3 is 0 Å². The van der Waals surface area contributed by atoms with E-state index in [9.17, 15) is 4.79 Å². The first-order valence-electron chi connectivity index (χ1n) is 6.63. The Hall–Kier alpha value is -0.570. The van der Waals surface area contributed by atoms with Gasteiger partial charge in [-0.15, -0.1) is 0 Å². The number of carbonyl (C=O) groups is 1. The van der Waals surface area contributed by atoms with Gasteiger partial charge in [-0.1, -0.05) is 13.8 Å². The minimum Gasteiger partial charge on any atom is -0.381 e. The average Bonchev–Trinajstić information content (AvgIpc) is 2.32. The molecule has 3 nitrogen and oxygen atoms in total. The Kier molecular flexibility index (Phi) is 6.46. The van der Waals surface area contributed by atoms with Crippen LogP contribution in [-0.4, -0.2) is 25.7 Å². The van der Waals surface area contributed by atoms with Crippen molar-refractivity contribution in [2.75, 3.05) is 19.8 Å². The summed E-state index contributed by atoms with van der Waals surface area (Å²) in [5, 5.41) is 3.05. The van der Waals surface area contributed by atoms with Gasteiger partial charge in [0, 0.05) is 25.7 Å². The number of rotatable bonds is 6. The summed E-state index contributed by atoms with van der Waals surface area (Å²) in [4.78, 5) is 11.7. The van der Waals surface area contributed by atoms with Gasteiger partial charge in [0.15, 0.2) is 0 Å². The minimum atomic E-state index is 0.203. The van der Waals surface area contributed by atoms with E-state index in [2.05, 4.69) is 19.2 Å². The van der Waals surface area contributed by atoms with Gasteiger partial charge < -0.3 is 10.1 Å². The molecule has 1 N–H and O–H groups in total. The molecule has 1 heterocycles. The summed E-state index contributed by atoms with van der Waals surface area (Å²) >= 11 is 0. The molecule has 0 aromatic heterocycles. The van der Waals surface area contributed by atoms with Crippen LogP contribution in [-0.2, 0) is 9.53 Å². The third-order valence-electron chi connectivity index (χ3n) is 3.55. The second-order valence-corrected chi connectivity index (χ2v) is 4.65. The predicted molar refractivity (Wildman–Crippen MR) is 65.2 cm³/mol. The Morgan fingerprint density at radius 3 is 2.50 bits per heavy atom. The zero-order valence-corrected chi connectivity index (χ0v) is 10.6. The molecular weight excluding hydrogens is 202 g/mol. The van der Waals surface area contributed by atoms with Gasteiger partial charge in [0.1, 0.15) is 0 Å². The summed E-state index contributed by atoms with van der Waals surface area (Å²) < 4.78 is 5.31. The van der Waals surface area contributed by atoms with E-state index in [1.54, 1.807) is 0 Å². The van der Waals surface area contributed by atoms with Crippen LogP contribution in [0.15, 0.2) is 0 Å². The minimum absolute atomic E-state index is 0.203. The van der Waals surface area contributed by atoms with E-state index in [4.69, 9.17) is 4.74 Å². The van der Waals surface area contributed by atoms with E-state index in [1.165, 1.54) is 0 Å². The molecule has 0 unspecified atom stereocenters. The molecule has 0 aromatic carbocycles. The van der Waals surface area contributed by atoms with Crippen LogP contribution in [0, 0.1) is 11.8 Å². The molecule has 1 aliphatic heterocycles. The average molecular weight is 227 g/mol. The first kappa shape index (κ1) is 13.5. The highest BCUT2D eigenvalue weighted by molar-refractivity contribution is 5.78. The molecule has 0 spiro atoms. The zero-order valence-electron chi connectivity index (χ0n) is 10.6. The van der Waals surface area contributed by atoms with Gasteiger partial charge in [-0.3, -0.25) is 4.79 Å². The lowest BCUT2D eigenvalue weighted by Gasteiger charge is -2.22. The van der Waals surface area contributed by atoms with Crippen LogP contribution in [0.2, 0.25) is 0 Å². The molecule has 1 saturated heterocycles. The Balaban J connectivity index is 2.11. The number of hydrogen-bond donors (Lipinski definition) is 1. The SMILES string of the molecule is CCC(CC)C(=O)NCCC1CCOCC1. The van der Waals surface area contributed by atoms with Gasteiger partial charge in [-0.05, 0) is 38.0 Å². The third-order valence-corrected chi connectivity index (χ3v) is 3.55. The molecule has 94 valence electrons. The number of amides is 1. The van der Waals surface area contributed by atoms with Crippen LogP contribution in [0.1, 0.15) is 46.0 Å². The molecule has 1 rings (SSSR count). The first-order valence-corrected chi connectivity index (χ1v) is 6.63. The van der Waals surface area contributed by atoms with Crippen molar-refractivity contribution in [3.8, 4) is 0 Å². The topological polar surface area (TPSA) is 38.3 Å². The number of carbonyl (C=O) groups excluding carboxylic acids is 1. The van der Waals surface area contributed by atoms with Crippen LogP contribution >= 0.6 is 0 Å². The van der Waals surface area contributed by atoms with Crippen molar-refractivity contribution < 1.29 is 9.53 Å². The maximum atomic E-state index is 11.7. The van der Waals surface area contributed by atoms with Gasteiger partial charge in [0.25, 0.3) is 0 Å². The fourth-order valence-electron chi connectivity index (χ4n) is 2.24. The van der Waals surface area contributed by atoms with Crippen molar-refractivity contribution in [2.24, 2.45) is 11.8 Å². The smallest absolute Gasteiger partial charge is 0.223 e. The van der Waals surface area contributed by atoms with Crippen molar-refractivity contribution in [1.29, 1.82) is 0 Å². The first-order chi connectivity index (χ1) is 7.77. The van der Waals surface area contributed by atoms with E-state index in [1.807, 2.05) is 0 Å². The van der Waals surface area contributed by atoms with Crippen LogP contribution < -0.4 is 5.32 Å². The maximum Gasteiger partial charge on any atom is 0.223 e. The summed E-state index contributed by atoms with van der Waals surface area (Å²) in [7, 11) is 0. The molecule has 0 aliphatic carbocycles. The van der Waals surface area contributed by atoms with Crippen molar-refractivity contribution in [3.63, 3.8) is 0 Å². The monoisotopic (exact) mass is 227 g/mol. The molecule has 1 fully saturated rings. The Morgan fingerprint density at radius 1 is 1.31 bits per heavy atom. The molecule has 0 saturated carbocycles.